The van der Waals surface area contributed by atoms with Crippen LogP contribution in [0, 0.1) is 25.2 Å². The van der Waals surface area contributed by atoms with Crippen molar-refractivity contribution in [2.75, 3.05) is 19.8 Å². The predicted molar refractivity (Wildman–Crippen MR) is 119 cm³/mol. The van der Waals surface area contributed by atoms with E-state index in [-0.39, 0.29) is 13.2 Å². The molecule has 0 fully saturated rings. The summed E-state index contributed by atoms with van der Waals surface area (Å²) in [7, 11) is 0. The topological polar surface area (TPSA) is 120 Å². The van der Waals surface area contributed by atoms with Crippen LogP contribution in [0.4, 0.5) is 0 Å². The summed E-state index contributed by atoms with van der Waals surface area (Å²) < 4.78 is 7.91. The van der Waals surface area contributed by atoms with Gasteiger partial charge in [-0.15, -0.1) is 11.3 Å². The molecule has 0 bridgehead atoms. The van der Waals surface area contributed by atoms with Crippen molar-refractivity contribution in [3.8, 4) is 34.3 Å². The number of nitrogens with one attached hydrogen (secondary N) is 1. The molecular formula is C22H23N5O3S. The lowest BCUT2D eigenvalue weighted by Crippen LogP contribution is -2.15. The highest BCUT2D eigenvalue weighted by Crippen LogP contribution is 2.45. The first kappa shape index (κ1) is 21.1. The Labute approximate surface area is 183 Å². The molecule has 0 atom stereocenters. The second kappa shape index (κ2) is 8.89. The third-order valence-corrected chi connectivity index (χ3v) is 5.94. The molecule has 0 saturated heterocycles. The number of nitrogens with zero attached hydrogens (tertiary/aromatic N) is 4. The Bertz CT molecular complexity index is 1260. The summed E-state index contributed by atoms with van der Waals surface area (Å²) in [4.78, 5) is 9.78. The van der Waals surface area contributed by atoms with E-state index in [1.54, 1.807) is 6.20 Å². The van der Waals surface area contributed by atoms with Crippen LogP contribution in [0.1, 0.15) is 21.9 Å². The lowest BCUT2D eigenvalue weighted by molar-refractivity contribution is 0.186. The number of nitriles is 1. The number of hydrogen-bond acceptors (Lipinski definition) is 7. The highest BCUT2D eigenvalue weighted by Gasteiger charge is 2.27. The van der Waals surface area contributed by atoms with Crippen LogP contribution in [0.3, 0.4) is 0 Å². The van der Waals surface area contributed by atoms with E-state index in [2.05, 4.69) is 27.2 Å². The van der Waals surface area contributed by atoms with Crippen LogP contribution in [0.5, 0.6) is 5.88 Å². The van der Waals surface area contributed by atoms with E-state index in [0.29, 0.717) is 11.5 Å². The van der Waals surface area contributed by atoms with E-state index in [9.17, 15) is 5.26 Å². The first-order chi connectivity index (χ1) is 15.1. The van der Waals surface area contributed by atoms with Gasteiger partial charge in [-0.25, -0.2) is 9.67 Å². The highest BCUT2D eigenvalue weighted by molar-refractivity contribution is 7.13. The smallest absolute Gasteiger partial charge is 0.221 e. The monoisotopic (exact) mass is 437 g/mol. The normalized spacial score (nSPS) is 12.6. The average molecular weight is 438 g/mol. The zero-order valence-corrected chi connectivity index (χ0v) is 18.2. The van der Waals surface area contributed by atoms with Gasteiger partial charge in [0.15, 0.2) is 0 Å². The van der Waals surface area contributed by atoms with Crippen molar-refractivity contribution < 1.29 is 14.9 Å². The maximum Gasteiger partial charge on any atom is 0.221 e. The van der Waals surface area contributed by atoms with Gasteiger partial charge in [0.25, 0.3) is 0 Å². The number of fused-ring (bicyclic) bond motifs is 2. The Hall–Kier alpha value is -3.19. The van der Waals surface area contributed by atoms with Crippen molar-refractivity contribution in [1.82, 2.24) is 19.7 Å². The number of H-pyrrole nitrogens is 1. The van der Waals surface area contributed by atoms with Crippen molar-refractivity contribution in [1.29, 1.82) is 5.26 Å². The predicted octanol–water partition coefficient (Wildman–Crippen LogP) is 3.40. The molecule has 0 radical (unpaired) electrons. The van der Waals surface area contributed by atoms with Gasteiger partial charge in [0.05, 0.1) is 36.8 Å². The van der Waals surface area contributed by atoms with Gasteiger partial charge in [-0.05, 0) is 32.0 Å². The molecule has 0 unspecified atom stereocenters. The van der Waals surface area contributed by atoms with Crippen LogP contribution >= 0.6 is 11.3 Å². The fourth-order valence-corrected chi connectivity index (χ4v) is 4.62. The minimum atomic E-state index is -0.125. The first-order valence-electron chi connectivity index (χ1n) is 9.99. The number of aryl methyl sites for hydroxylation is 3. The van der Waals surface area contributed by atoms with Gasteiger partial charge in [0.2, 0.25) is 5.88 Å². The number of aromatic amines is 1. The molecule has 31 heavy (non-hydrogen) atoms. The number of ether oxygens (including phenoxy) is 1. The number of rotatable bonds is 3. The van der Waals surface area contributed by atoms with Crippen molar-refractivity contribution in [2.45, 2.75) is 26.8 Å². The van der Waals surface area contributed by atoms with E-state index >= 15 is 0 Å². The highest BCUT2D eigenvalue weighted by atomic mass is 32.1. The van der Waals surface area contributed by atoms with Gasteiger partial charge in [0, 0.05) is 40.6 Å². The fraction of sp³-hybridized carbons (Fsp3) is 0.318. The molecule has 160 valence electrons. The number of pyridine rings is 1. The van der Waals surface area contributed by atoms with Crippen LogP contribution in [-0.2, 0) is 6.54 Å². The average Bonchev–Trinajstić information content (AvgIpc) is 3.44. The first-order valence-corrected chi connectivity index (χ1v) is 10.8. The molecule has 4 aromatic rings. The Morgan fingerprint density at radius 1 is 1.29 bits per heavy atom. The summed E-state index contributed by atoms with van der Waals surface area (Å²) in [6.45, 7) is 5.31. The molecule has 8 nitrogen and oxygen atoms in total. The van der Waals surface area contributed by atoms with E-state index in [0.717, 1.165) is 62.8 Å². The molecule has 0 spiro atoms. The third-order valence-electron chi connectivity index (χ3n) is 4.98. The summed E-state index contributed by atoms with van der Waals surface area (Å²) in [6, 6.07) is 8.39. The zero-order valence-electron chi connectivity index (χ0n) is 17.3. The summed E-state index contributed by atoms with van der Waals surface area (Å²) in [5.41, 5.74) is 5.50. The number of hydrogen-bond donors (Lipinski definition) is 3. The van der Waals surface area contributed by atoms with Gasteiger partial charge in [-0.1, -0.05) is 0 Å². The fourth-order valence-electron chi connectivity index (χ4n) is 3.80. The number of aliphatic hydroxyl groups is 2. The molecule has 0 amide bonds. The van der Waals surface area contributed by atoms with E-state index < -0.39 is 0 Å². The second-order valence-electron chi connectivity index (χ2n) is 7.12. The van der Waals surface area contributed by atoms with Crippen molar-refractivity contribution in [2.24, 2.45) is 0 Å². The zero-order chi connectivity index (χ0) is 22.0. The van der Waals surface area contributed by atoms with Crippen LogP contribution in [0.2, 0.25) is 0 Å². The van der Waals surface area contributed by atoms with Crippen molar-refractivity contribution >= 4 is 22.4 Å². The van der Waals surface area contributed by atoms with Crippen molar-refractivity contribution in [3.05, 3.63) is 39.8 Å². The molecule has 9 heteroatoms. The molecule has 5 heterocycles. The number of thiophene rings is 1. The van der Waals surface area contributed by atoms with Gasteiger partial charge in [-0.2, -0.15) is 10.4 Å². The summed E-state index contributed by atoms with van der Waals surface area (Å²) >= 11 is 1.51. The van der Waals surface area contributed by atoms with Crippen LogP contribution in [-0.4, -0.2) is 49.8 Å². The van der Waals surface area contributed by atoms with Gasteiger partial charge < -0.3 is 19.9 Å². The third kappa shape index (κ3) is 3.81. The Morgan fingerprint density at radius 2 is 2.10 bits per heavy atom. The Morgan fingerprint density at radius 3 is 2.84 bits per heavy atom. The maximum atomic E-state index is 9.66. The standard InChI is InChI=1S/C20H17N5OS.C2H6O2/c1-11-9-14(15(10-21)27-11)17-13-5-3-6-22-19(13)23-18(17)16-12(2)24-25-7-4-8-26-20(16)25;3-1-2-4/h3,5-6,9H,4,7-8H2,1-2H3,(H,22,23);3-4H,1-2H2. The maximum absolute atomic E-state index is 9.66. The largest absolute Gasteiger partial charge is 0.477 e. The lowest BCUT2D eigenvalue weighted by Gasteiger charge is -2.16. The molecule has 0 saturated carbocycles. The van der Waals surface area contributed by atoms with Crippen molar-refractivity contribution in [3.63, 3.8) is 0 Å². The molecule has 5 rings (SSSR count). The van der Waals surface area contributed by atoms with Crippen LogP contribution in [0.15, 0.2) is 24.4 Å². The molecule has 0 aromatic carbocycles. The van der Waals surface area contributed by atoms with E-state index in [1.807, 2.05) is 30.7 Å². The summed E-state index contributed by atoms with van der Waals surface area (Å²) in [5, 5.41) is 30.6. The van der Waals surface area contributed by atoms with Crippen LogP contribution < -0.4 is 4.74 Å². The minimum absolute atomic E-state index is 0.125. The molecular weight excluding hydrogens is 414 g/mol. The molecule has 1 aliphatic rings. The Kier molecular flexibility index (Phi) is 6.04. The number of aromatic nitrogens is 4. The summed E-state index contributed by atoms with van der Waals surface area (Å²) in [5.74, 6) is 0.789. The summed E-state index contributed by atoms with van der Waals surface area (Å²) in [6.07, 6.45) is 2.73. The van der Waals surface area contributed by atoms with Gasteiger partial charge >= 0.3 is 0 Å². The minimum Gasteiger partial charge on any atom is -0.477 e. The van der Waals surface area contributed by atoms with E-state index in [4.69, 9.17) is 14.9 Å². The lowest BCUT2D eigenvalue weighted by atomic mass is 9.99. The van der Waals surface area contributed by atoms with E-state index in [1.165, 1.54) is 11.3 Å². The van der Waals surface area contributed by atoms with Crippen LogP contribution in [0.25, 0.3) is 33.4 Å². The van der Waals surface area contributed by atoms with Gasteiger partial charge in [-0.3, -0.25) is 0 Å². The van der Waals surface area contributed by atoms with Gasteiger partial charge in [0.1, 0.15) is 16.6 Å². The molecule has 1 aliphatic heterocycles. The molecule has 4 aromatic heterocycles. The SMILES string of the molecule is Cc1cc(-c2c(-c3c(C)nn4c3OCCC4)[nH]c3ncccc23)c(C#N)s1.OCCO. The quantitative estimate of drug-likeness (QED) is 0.452. The molecule has 0 aliphatic carbocycles. The second-order valence-corrected chi connectivity index (χ2v) is 8.38. The molecule has 3 N–H and O–H groups in total. The Balaban J connectivity index is 0.000000535. The number of aliphatic hydroxyl groups excluding tert-OH is 2.